The Morgan fingerprint density at radius 1 is 1.15 bits per heavy atom. The van der Waals surface area contributed by atoms with E-state index < -0.39 is 0 Å². The number of carbonyl (C=O) groups excluding carboxylic acids is 2. The maximum Gasteiger partial charge on any atom is 0.254 e. The van der Waals surface area contributed by atoms with Gasteiger partial charge in [-0.1, -0.05) is 20.8 Å². The third kappa shape index (κ3) is 5.38. The minimum atomic E-state index is -0.272. The summed E-state index contributed by atoms with van der Waals surface area (Å²) in [5.74, 6) is 1.11. The minimum Gasteiger partial charge on any atom is -0.496 e. The topological polar surface area (TPSA) is 91.7 Å². The van der Waals surface area contributed by atoms with Crippen molar-refractivity contribution in [3.8, 4) is 11.5 Å². The van der Waals surface area contributed by atoms with Crippen LogP contribution in [0.1, 0.15) is 65.1 Å². The Morgan fingerprint density at radius 2 is 1.85 bits per heavy atom. The molecule has 8 heteroatoms. The van der Waals surface area contributed by atoms with E-state index in [0.29, 0.717) is 35.6 Å². The van der Waals surface area contributed by atoms with Crippen LogP contribution in [-0.4, -0.2) is 49.7 Å². The number of nitrogens with zero attached hydrogens (tertiary/aromatic N) is 1. The summed E-state index contributed by atoms with van der Waals surface area (Å²) in [5, 5.41) is 11.2. The Kier molecular flexibility index (Phi) is 8.30. The lowest BCUT2D eigenvalue weighted by Gasteiger charge is -2.23. The summed E-state index contributed by atoms with van der Waals surface area (Å²) in [4.78, 5) is 27.1. The van der Waals surface area contributed by atoms with Gasteiger partial charge in [0.1, 0.15) is 17.3 Å². The lowest BCUT2D eigenvalue weighted by Crippen LogP contribution is -2.30. The van der Waals surface area contributed by atoms with Gasteiger partial charge >= 0.3 is 0 Å². The van der Waals surface area contributed by atoms with Gasteiger partial charge in [0.15, 0.2) is 5.78 Å². The first-order valence-electron chi connectivity index (χ1n) is 10.7. The first-order chi connectivity index (χ1) is 15.1. The third-order valence-corrected chi connectivity index (χ3v) is 5.57. The molecule has 178 valence electrons. The molecule has 0 saturated carbocycles. The number of ether oxygens (including phenoxy) is 2. The summed E-state index contributed by atoms with van der Waals surface area (Å²) in [6, 6.07) is 8.94. The molecule has 0 aromatic heterocycles. The largest absolute Gasteiger partial charge is 0.496 e. The van der Waals surface area contributed by atoms with Crippen molar-refractivity contribution >= 4 is 34.5 Å². The van der Waals surface area contributed by atoms with Crippen LogP contribution in [-0.2, 0) is 12.0 Å². The van der Waals surface area contributed by atoms with Crippen LogP contribution in [0.5, 0.6) is 11.5 Å². The van der Waals surface area contributed by atoms with Gasteiger partial charge in [-0.2, -0.15) is 0 Å². The monoisotopic (exact) mass is 517 g/mol. The highest BCUT2D eigenvalue weighted by Crippen LogP contribution is 2.33. The standard InChI is InChI=1S/C25H31N3O4.BrH/c1-7-32-22-11-16-13-28(23(26)17(16)12-18(22)24(30)27-5)14-20(29)15-8-9-21(31-6)19(10-15)25(2,3)4;/h8-12,26H,7,13-14H2,1-6H3,(H,27,30);1H. The van der Waals surface area contributed by atoms with Crippen molar-refractivity contribution in [1.29, 1.82) is 5.41 Å². The van der Waals surface area contributed by atoms with Crippen molar-refractivity contribution in [1.82, 2.24) is 10.2 Å². The highest BCUT2D eigenvalue weighted by Gasteiger charge is 2.29. The van der Waals surface area contributed by atoms with Gasteiger partial charge in [0, 0.05) is 30.3 Å². The third-order valence-electron chi connectivity index (χ3n) is 5.57. The van der Waals surface area contributed by atoms with E-state index in [4.69, 9.17) is 14.9 Å². The summed E-state index contributed by atoms with van der Waals surface area (Å²) in [7, 11) is 3.18. The van der Waals surface area contributed by atoms with Crippen molar-refractivity contribution < 1.29 is 19.1 Å². The molecule has 0 bridgehead atoms. The molecule has 0 spiro atoms. The maximum atomic E-state index is 13.1. The van der Waals surface area contributed by atoms with Crippen molar-refractivity contribution in [3.63, 3.8) is 0 Å². The second-order valence-corrected chi connectivity index (χ2v) is 8.81. The number of rotatable bonds is 7. The van der Waals surface area contributed by atoms with Gasteiger partial charge in [-0.3, -0.25) is 15.0 Å². The van der Waals surface area contributed by atoms with Crippen LogP contribution in [0.15, 0.2) is 30.3 Å². The average Bonchev–Trinajstić information content (AvgIpc) is 3.06. The number of hydrogen-bond acceptors (Lipinski definition) is 5. The number of benzene rings is 2. The number of nitrogens with one attached hydrogen (secondary N) is 2. The van der Waals surface area contributed by atoms with Gasteiger partial charge in [0.05, 0.1) is 25.8 Å². The zero-order valence-electron chi connectivity index (χ0n) is 20.0. The first-order valence-corrected chi connectivity index (χ1v) is 10.7. The summed E-state index contributed by atoms with van der Waals surface area (Å²) in [6.45, 7) is 8.99. The number of amides is 1. The molecule has 2 aromatic rings. The van der Waals surface area contributed by atoms with Gasteiger partial charge in [0.25, 0.3) is 5.91 Å². The Hall–Kier alpha value is -2.87. The molecule has 0 atom stereocenters. The number of amidine groups is 1. The molecular weight excluding hydrogens is 486 g/mol. The first kappa shape index (κ1) is 26.4. The number of halogens is 1. The second-order valence-electron chi connectivity index (χ2n) is 8.81. The van der Waals surface area contributed by atoms with Crippen LogP contribution in [0, 0.1) is 5.41 Å². The van der Waals surface area contributed by atoms with Crippen molar-refractivity contribution in [2.24, 2.45) is 0 Å². The fraction of sp³-hybridized carbons (Fsp3) is 0.400. The fourth-order valence-corrected chi connectivity index (χ4v) is 3.88. The van der Waals surface area contributed by atoms with E-state index in [0.717, 1.165) is 16.9 Å². The van der Waals surface area contributed by atoms with E-state index in [2.05, 4.69) is 26.1 Å². The molecule has 0 saturated heterocycles. The lowest BCUT2D eigenvalue weighted by atomic mass is 9.85. The Balaban J connectivity index is 0.00000385. The average molecular weight is 518 g/mol. The molecule has 7 nitrogen and oxygen atoms in total. The number of Topliss-reactive ketones (excluding diaryl/α,β-unsaturated/α-hetero) is 1. The summed E-state index contributed by atoms with van der Waals surface area (Å²) >= 11 is 0. The lowest BCUT2D eigenvalue weighted by molar-refractivity contribution is 0.0953. The highest BCUT2D eigenvalue weighted by molar-refractivity contribution is 8.93. The number of fused-ring (bicyclic) bond motifs is 1. The van der Waals surface area contributed by atoms with E-state index in [1.54, 1.807) is 37.3 Å². The Morgan fingerprint density at radius 3 is 2.42 bits per heavy atom. The molecule has 2 aromatic carbocycles. The normalized spacial score (nSPS) is 12.7. The molecule has 1 aliphatic heterocycles. The van der Waals surface area contributed by atoms with E-state index in [1.807, 2.05) is 19.1 Å². The van der Waals surface area contributed by atoms with E-state index in [1.165, 1.54) is 0 Å². The van der Waals surface area contributed by atoms with Crippen LogP contribution in [0.3, 0.4) is 0 Å². The van der Waals surface area contributed by atoms with Gasteiger partial charge in [-0.15, -0.1) is 17.0 Å². The van der Waals surface area contributed by atoms with Crippen LogP contribution in [0.4, 0.5) is 0 Å². The zero-order chi connectivity index (χ0) is 23.6. The Labute approximate surface area is 205 Å². The molecular formula is C25H32BrN3O4. The molecule has 1 aliphatic rings. The number of methoxy groups -OCH3 is 1. The molecule has 3 rings (SSSR count). The van der Waals surface area contributed by atoms with Crippen molar-refractivity contribution in [3.05, 3.63) is 58.1 Å². The fourth-order valence-electron chi connectivity index (χ4n) is 3.88. The van der Waals surface area contributed by atoms with Crippen LogP contribution in [0.25, 0.3) is 0 Å². The maximum absolute atomic E-state index is 13.1. The minimum absolute atomic E-state index is 0. The van der Waals surface area contributed by atoms with Crippen LogP contribution < -0.4 is 14.8 Å². The van der Waals surface area contributed by atoms with Gasteiger partial charge in [-0.25, -0.2) is 0 Å². The van der Waals surface area contributed by atoms with Crippen LogP contribution >= 0.6 is 17.0 Å². The number of carbonyl (C=O) groups is 2. The van der Waals surface area contributed by atoms with E-state index in [9.17, 15) is 9.59 Å². The van der Waals surface area contributed by atoms with Gasteiger partial charge in [0.2, 0.25) is 0 Å². The molecule has 0 radical (unpaired) electrons. The molecule has 0 fully saturated rings. The summed E-state index contributed by atoms with van der Waals surface area (Å²) < 4.78 is 11.1. The highest BCUT2D eigenvalue weighted by atomic mass is 79.9. The van der Waals surface area contributed by atoms with Crippen molar-refractivity contribution in [2.45, 2.75) is 39.7 Å². The smallest absolute Gasteiger partial charge is 0.254 e. The van der Waals surface area contributed by atoms with E-state index in [-0.39, 0.29) is 46.5 Å². The quantitative estimate of drug-likeness (QED) is 0.532. The number of hydrogen-bond donors (Lipinski definition) is 2. The molecule has 0 unspecified atom stereocenters. The Bertz CT molecular complexity index is 1080. The molecule has 0 aliphatic carbocycles. The van der Waals surface area contributed by atoms with Gasteiger partial charge in [-0.05, 0) is 48.2 Å². The van der Waals surface area contributed by atoms with Gasteiger partial charge < -0.3 is 19.7 Å². The summed E-state index contributed by atoms with van der Waals surface area (Å²) in [6.07, 6.45) is 0. The van der Waals surface area contributed by atoms with Crippen LogP contribution in [0.2, 0.25) is 0 Å². The molecule has 1 heterocycles. The summed E-state index contributed by atoms with van der Waals surface area (Å²) in [5.41, 5.74) is 3.26. The molecule has 1 amide bonds. The molecule has 2 N–H and O–H groups in total. The molecule has 33 heavy (non-hydrogen) atoms. The number of ketones is 1. The second kappa shape index (κ2) is 10.4. The predicted molar refractivity (Wildman–Crippen MR) is 135 cm³/mol. The SMILES string of the molecule is Br.CCOc1cc2c(cc1C(=O)NC)C(=N)N(CC(=O)c1ccc(OC)c(C(C)(C)C)c1)C2. The predicted octanol–water partition coefficient (Wildman–Crippen LogP) is 4.35. The van der Waals surface area contributed by atoms with Crippen molar-refractivity contribution in [2.75, 3.05) is 27.3 Å². The zero-order valence-corrected chi connectivity index (χ0v) is 21.7. The van der Waals surface area contributed by atoms with E-state index >= 15 is 0 Å².